The number of carbonyl (C=O) groups excluding carboxylic acids is 1. The number of hydrogen-bond acceptors (Lipinski definition) is 4. The normalized spacial score (nSPS) is 11.9. The third-order valence-electron chi connectivity index (χ3n) is 2.33. The fourth-order valence-corrected chi connectivity index (χ4v) is 2.18. The molecule has 0 saturated carbocycles. The van der Waals surface area contributed by atoms with Gasteiger partial charge in [-0.3, -0.25) is 4.79 Å². The minimum atomic E-state index is -0.106. The molecule has 4 nitrogen and oxygen atoms in total. The van der Waals surface area contributed by atoms with Crippen molar-refractivity contribution < 1.29 is 4.79 Å². The summed E-state index contributed by atoms with van der Waals surface area (Å²) in [5.74, 6) is 0.258. The van der Waals surface area contributed by atoms with Crippen LogP contribution in [0.4, 0.5) is 0 Å². The standard InChI is InChI=1S/C12H19N3OS/c1-5-10(8(2)3)14-15-11(16)6-12-13-9(4)7-17-12/h7-8H,5-6H2,1-4H3,(H,15,16)/b14-10-. The second-order valence-electron chi connectivity index (χ2n) is 4.21. The third kappa shape index (κ3) is 4.65. The molecule has 17 heavy (non-hydrogen) atoms. The molecule has 1 aromatic rings. The van der Waals surface area contributed by atoms with Crippen LogP contribution in [0.1, 0.15) is 37.9 Å². The van der Waals surface area contributed by atoms with Gasteiger partial charge >= 0.3 is 0 Å². The molecule has 0 aliphatic carbocycles. The Morgan fingerprint density at radius 3 is 2.76 bits per heavy atom. The van der Waals surface area contributed by atoms with Crippen molar-refractivity contribution in [3.63, 3.8) is 0 Å². The van der Waals surface area contributed by atoms with Crippen LogP contribution >= 0.6 is 11.3 Å². The Morgan fingerprint density at radius 2 is 2.29 bits per heavy atom. The van der Waals surface area contributed by atoms with Crippen molar-refractivity contribution in [1.29, 1.82) is 0 Å². The molecule has 0 saturated heterocycles. The molecule has 0 atom stereocenters. The first-order valence-corrected chi connectivity index (χ1v) is 6.67. The average molecular weight is 253 g/mol. The van der Waals surface area contributed by atoms with Crippen LogP contribution in [-0.2, 0) is 11.2 Å². The summed E-state index contributed by atoms with van der Waals surface area (Å²) >= 11 is 1.50. The molecule has 0 radical (unpaired) electrons. The minimum absolute atomic E-state index is 0.106. The Kier molecular flexibility index (Phi) is 5.28. The van der Waals surface area contributed by atoms with E-state index in [1.54, 1.807) is 0 Å². The summed E-state index contributed by atoms with van der Waals surface area (Å²) in [5.41, 5.74) is 4.55. The number of nitrogens with zero attached hydrogens (tertiary/aromatic N) is 2. The Labute approximate surface area is 106 Å². The van der Waals surface area contributed by atoms with E-state index in [-0.39, 0.29) is 5.91 Å². The first kappa shape index (κ1) is 13.8. The summed E-state index contributed by atoms with van der Waals surface area (Å²) in [6.07, 6.45) is 1.16. The molecule has 0 spiro atoms. The third-order valence-corrected chi connectivity index (χ3v) is 3.30. The van der Waals surface area contributed by atoms with E-state index in [4.69, 9.17) is 0 Å². The number of carbonyl (C=O) groups is 1. The summed E-state index contributed by atoms with van der Waals surface area (Å²) in [6, 6.07) is 0. The van der Waals surface area contributed by atoms with Crippen molar-refractivity contribution in [2.75, 3.05) is 0 Å². The van der Waals surface area contributed by atoms with Crippen LogP contribution in [0, 0.1) is 12.8 Å². The van der Waals surface area contributed by atoms with Gasteiger partial charge in [-0.25, -0.2) is 10.4 Å². The highest BCUT2D eigenvalue weighted by atomic mass is 32.1. The molecule has 0 aliphatic heterocycles. The number of amides is 1. The Hall–Kier alpha value is -1.23. The molecule has 0 aromatic carbocycles. The van der Waals surface area contributed by atoms with Crippen molar-refractivity contribution in [3.05, 3.63) is 16.1 Å². The fourth-order valence-electron chi connectivity index (χ4n) is 1.41. The van der Waals surface area contributed by atoms with E-state index in [2.05, 4.69) is 29.4 Å². The van der Waals surface area contributed by atoms with Gasteiger partial charge in [-0.15, -0.1) is 11.3 Å². The van der Waals surface area contributed by atoms with E-state index >= 15 is 0 Å². The summed E-state index contributed by atoms with van der Waals surface area (Å²) in [4.78, 5) is 15.9. The van der Waals surface area contributed by atoms with Crippen LogP contribution in [-0.4, -0.2) is 16.6 Å². The lowest BCUT2D eigenvalue weighted by molar-refractivity contribution is -0.120. The van der Waals surface area contributed by atoms with Gasteiger partial charge in [0.25, 0.3) is 0 Å². The summed E-state index contributed by atoms with van der Waals surface area (Å²) in [7, 11) is 0. The highest BCUT2D eigenvalue weighted by molar-refractivity contribution is 7.09. The lowest BCUT2D eigenvalue weighted by Gasteiger charge is -2.07. The van der Waals surface area contributed by atoms with Gasteiger partial charge in [0.05, 0.1) is 6.42 Å². The predicted molar refractivity (Wildman–Crippen MR) is 71.3 cm³/mol. The van der Waals surface area contributed by atoms with Crippen molar-refractivity contribution in [1.82, 2.24) is 10.4 Å². The van der Waals surface area contributed by atoms with E-state index < -0.39 is 0 Å². The monoisotopic (exact) mass is 253 g/mol. The minimum Gasteiger partial charge on any atom is -0.273 e. The van der Waals surface area contributed by atoms with Gasteiger partial charge in [-0.2, -0.15) is 5.10 Å². The van der Waals surface area contributed by atoms with Crippen LogP contribution in [0.25, 0.3) is 0 Å². The molecule has 0 aliphatic rings. The van der Waals surface area contributed by atoms with E-state index in [0.717, 1.165) is 22.8 Å². The zero-order chi connectivity index (χ0) is 12.8. The summed E-state index contributed by atoms with van der Waals surface area (Å²) in [6.45, 7) is 8.09. The first-order valence-electron chi connectivity index (χ1n) is 5.79. The molecule has 94 valence electrons. The number of hydrazone groups is 1. The lowest BCUT2D eigenvalue weighted by Crippen LogP contribution is -2.22. The van der Waals surface area contributed by atoms with Gasteiger partial charge in [0.2, 0.25) is 5.91 Å². The second-order valence-corrected chi connectivity index (χ2v) is 5.15. The van der Waals surface area contributed by atoms with Crippen molar-refractivity contribution in [3.8, 4) is 0 Å². The maximum Gasteiger partial charge on any atom is 0.246 e. The predicted octanol–water partition coefficient (Wildman–Crippen LogP) is 2.53. The van der Waals surface area contributed by atoms with E-state index in [9.17, 15) is 4.79 Å². The van der Waals surface area contributed by atoms with Gasteiger partial charge in [0.15, 0.2) is 0 Å². The van der Waals surface area contributed by atoms with Crippen molar-refractivity contribution in [2.24, 2.45) is 11.0 Å². The molecular weight excluding hydrogens is 234 g/mol. The molecular formula is C12H19N3OS. The topological polar surface area (TPSA) is 54.4 Å². The molecule has 0 bridgehead atoms. The van der Waals surface area contributed by atoms with Gasteiger partial charge in [0, 0.05) is 16.8 Å². The van der Waals surface area contributed by atoms with Crippen LogP contribution in [0.15, 0.2) is 10.5 Å². The highest BCUT2D eigenvalue weighted by Gasteiger charge is 2.07. The maximum atomic E-state index is 11.6. The van der Waals surface area contributed by atoms with E-state index in [1.807, 2.05) is 19.2 Å². The van der Waals surface area contributed by atoms with Crippen molar-refractivity contribution in [2.45, 2.75) is 40.5 Å². The number of aromatic nitrogens is 1. The Balaban J connectivity index is 2.50. The second kappa shape index (κ2) is 6.49. The molecule has 1 rings (SSSR count). The van der Waals surface area contributed by atoms with Crippen molar-refractivity contribution >= 4 is 23.0 Å². The lowest BCUT2D eigenvalue weighted by atomic mass is 10.1. The van der Waals surface area contributed by atoms with Gasteiger partial charge in [-0.05, 0) is 19.3 Å². The van der Waals surface area contributed by atoms with Gasteiger partial charge < -0.3 is 0 Å². The van der Waals surface area contributed by atoms with E-state index in [1.165, 1.54) is 11.3 Å². The largest absolute Gasteiger partial charge is 0.273 e. The maximum absolute atomic E-state index is 11.6. The highest BCUT2D eigenvalue weighted by Crippen LogP contribution is 2.09. The Bertz CT molecular complexity index is 410. The van der Waals surface area contributed by atoms with Crippen LogP contribution < -0.4 is 5.43 Å². The van der Waals surface area contributed by atoms with E-state index in [0.29, 0.717) is 12.3 Å². The average Bonchev–Trinajstić information content (AvgIpc) is 2.64. The Morgan fingerprint density at radius 1 is 1.59 bits per heavy atom. The smallest absolute Gasteiger partial charge is 0.246 e. The summed E-state index contributed by atoms with van der Waals surface area (Å²) < 4.78 is 0. The first-order chi connectivity index (χ1) is 8.02. The molecule has 1 heterocycles. The molecule has 0 fully saturated rings. The SMILES string of the molecule is CC/C(=N/NC(=O)Cc1nc(C)cs1)C(C)C. The summed E-state index contributed by atoms with van der Waals surface area (Å²) in [5, 5.41) is 6.91. The number of rotatable bonds is 5. The van der Waals surface area contributed by atoms with Gasteiger partial charge in [-0.1, -0.05) is 20.8 Å². The molecule has 1 N–H and O–H groups in total. The number of thiazole rings is 1. The quantitative estimate of drug-likeness (QED) is 0.647. The molecule has 1 amide bonds. The molecule has 5 heteroatoms. The zero-order valence-corrected chi connectivity index (χ0v) is 11.6. The van der Waals surface area contributed by atoms with Crippen LogP contribution in [0.5, 0.6) is 0 Å². The number of nitrogens with one attached hydrogen (secondary N) is 1. The number of aryl methyl sites for hydroxylation is 1. The molecule has 1 aromatic heterocycles. The fraction of sp³-hybridized carbons (Fsp3) is 0.583. The number of hydrogen-bond donors (Lipinski definition) is 1. The zero-order valence-electron chi connectivity index (χ0n) is 10.8. The molecule has 0 unspecified atom stereocenters. The van der Waals surface area contributed by atoms with Crippen LogP contribution in [0.3, 0.4) is 0 Å². The van der Waals surface area contributed by atoms with Crippen LogP contribution in [0.2, 0.25) is 0 Å². The van der Waals surface area contributed by atoms with Gasteiger partial charge in [0.1, 0.15) is 5.01 Å².